The van der Waals surface area contributed by atoms with E-state index in [2.05, 4.69) is 10.3 Å². The van der Waals surface area contributed by atoms with Gasteiger partial charge in [0.15, 0.2) is 0 Å². The van der Waals surface area contributed by atoms with Gasteiger partial charge >= 0.3 is 0 Å². The first kappa shape index (κ1) is 8.16. The highest BCUT2D eigenvalue weighted by Crippen LogP contribution is 2.07. The maximum Gasteiger partial charge on any atom is 0.0945 e. The Kier molecular flexibility index (Phi) is 2.56. The molecule has 1 atom stereocenters. The molecular formula is C6H12N4O. The van der Waals surface area contributed by atoms with Crippen LogP contribution in [0.5, 0.6) is 0 Å². The molecule has 0 aliphatic heterocycles. The van der Waals surface area contributed by atoms with Crippen LogP contribution in [-0.4, -0.2) is 26.6 Å². The van der Waals surface area contributed by atoms with Crippen LogP contribution in [0.2, 0.25) is 0 Å². The topological polar surface area (TPSA) is 77.0 Å². The number of aromatic nitrogens is 3. The van der Waals surface area contributed by atoms with Crippen LogP contribution < -0.4 is 5.73 Å². The van der Waals surface area contributed by atoms with Gasteiger partial charge in [-0.1, -0.05) is 5.21 Å². The van der Waals surface area contributed by atoms with Gasteiger partial charge in [-0.25, -0.2) is 4.68 Å². The van der Waals surface area contributed by atoms with Crippen LogP contribution in [0.4, 0.5) is 0 Å². The molecule has 5 nitrogen and oxygen atoms in total. The normalized spacial score (nSPS) is 13.4. The van der Waals surface area contributed by atoms with E-state index in [0.29, 0.717) is 18.8 Å². The van der Waals surface area contributed by atoms with Crippen molar-refractivity contribution in [3.05, 3.63) is 11.9 Å². The van der Waals surface area contributed by atoms with Crippen molar-refractivity contribution < 1.29 is 5.11 Å². The average molecular weight is 156 g/mol. The molecule has 0 unspecified atom stereocenters. The summed E-state index contributed by atoms with van der Waals surface area (Å²) in [6.45, 7) is 2.77. The summed E-state index contributed by atoms with van der Waals surface area (Å²) in [5, 5.41) is 16.6. The molecule has 0 radical (unpaired) electrons. The number of aliphatic hydroxyl groups excluding tert-OH is 1. The van der Waals surface area contributed by atoms with Crippen LogP contribution in [0.25, 0.3) is 0 Å². The lowest BCUT2D eigenvalue weighted by Gasteiger charge is -2.05. The molecule has 62 valence electrons. The summed E-state index contributed by atoms with van der Waals surface area (Å²) in [4.78, 5) is 0. The number of nitrogens with zero attached hydrogens (tertiary/aromatic N) is 3. The van der Waals surface area contributed by atoms with Gasteiger partial charge in [0.25, 0.3) is 0 Å². The number of aliphatic hydroxyl groups is 1. The van der Waals surface area contributed by atoms with E-state index in [-0.39, 0.29) is 0 Å². The van der Waals surface area contributed by atoms with Crippen LogP contribution in [0.1, 0.15) is 18.7 Å². The Morgan fingerprint density at radius 1 is 1.82 bits per heavy atom. The van der Waals surface area contributed by atoms with E-state index in [4.69, 9.17) is 5.73 Å². The summed E-state index contributed by atoms with van der Waals surface area (Å²) < 4.78 is 1.60. The van der Waals surface area contributed by atoms with E-state index in [0.717, 1.165) is 0 Å². The largest absolute Gasteiger partial charge is 0.387 e. The average Bonchev–Trinajstić information content (AvgIpc) is 2.36. The minimum Gasteiger partial charge on any atom is -0.387 e. The van der Waals surface area contributed by atoms with Crippen molar-refractivity contribution in [3.63, 3.8) is 0 Å². The van der Waals surface area contributed by atoms with E-state index in [1.54, 1.807) is 17.8 Å². The molecule has 5 heteroatoms. The second-order valence-corrected chi connectivity index (χ2v) is 2.35. The van der Waals surface area contributed by atoms with Crippen molar-refractivity contribution >= 4 is 0 Å². The standard InChI is InChI=1S/C6H12N4O/c1-5(11)6-4-8-9-10(6)3-2-7/h4-5,11H,2-3,7H2,1H3/t5-/m1/s1. The van der Waals surface area contributed by atoms with Gasteiger partial charge in [0.2, 0.25) is 0 Å². The fourth-order valence-electron chi connectivity index (χ4n) is 0.885. The first-order valence-electron chi connectivity index (χ1n) is 3.52. The van der Waals surface area contributed by atoms with Gasteiger partial charge in [0.1, 0.15) is 0 Å². The van der Waals surface area contributed by atoms with E-state index < -0.39 is 6.10 Å². The van der Waals surface area contributed by atoms with E-state index in [1.165, 1.54) is 0 Å². The Bertz CT molecular complexity index is 220. The number of hydrogen-bond acceptors (Lipinski definition) is 4. The summed E-state index contributed by atoms with van der Waals surface area (Å²) in [6.07, 6.45) is 1.01. The van der Waals surface area contributed by atoms with Crippen LogP contribution in [0.3, 0.4) is 0 Å². The molecule has 0 aliphatic carbocycles. The molecule has 0 spiro atoms. The van der Waals surface area contributed by atoms with Gasteiger partial charge in [0, 0.05) is 6.54 Å². The molecule has 3 N–H and O–H groups in total. The Morgan fingerprint density at radius 2 is 2.55 bits per heavy atom. The molecule has 0 aromatic carbocycles. The number of nitrogens with two attached hydrogens (primary N) is 1. The van der Waals surface area contributed by atoms with E-state index in [9.17, 15) is 5.11 Å². The molecule has 0 saturated carbocycles. The zero-order valence-electron chi connectivity index (χ0n) is 6.44. The summed E-state index contributed by atoms with van der Waals surface area (Å²) >= 11 is 0. The Morgan fingerprint density at radius 3 is 3.09 bits per heavy atom. The third-order valence-corrected chi connectivity index (χ3v) is 1.42. The van der Waals surface area contributed by atoms with Crippen molar-refractivity contribution in [2.75, 3.05) is 6.54 Å². The third-order valence-electron chi connectivity index (χ3n) is 1.42. The summed E-state index contributed by atoms with van der Waals surface area (Å²) in [6, 6.07) is 0. The summed E-state index contributed by atoms with van der Waals surface area (Å²) in [5.41, 5.74) is 6.02. The molecule has 0 aliphatic rings. The molecule has 0 amide bonds. The molecule has 1 aromatic rings. The molecular weight excluding hydrogens is 144 g/mol. The molecule has 0 saturated heterocycles. The Hall–Kier alpha value is -0.940. The summed E-state index contributed by atoms with van der Waals surface area (Å²) in [7, 11) is 0. The van der Waals surface area contributed by atoms with Crippen molar-refractivity contribution in [1.82, 2.24) is 15.0 Å². The van der Waals surface area contributed by atoms with Crippen LogP contribution in [-0.2, 0) is 6.54 Å². The monoisotopic (exact) mass is 156 g/mol. The molecule has 1 aromatic heterocycles. The van der Waals surface area contributed by atoms with Gasteiger partial charge in [0.05, 0.1) is 24.5 Å². The molecule has 0 bridgehead atoms. The van der Waals surface area contributed by atoms with Gasteiger partial charge in [-0.15, -0.1) is 5.10 Å². The van der Waals surface area contributed by atoms with Crippen molar-refractivity contribution in [2.45, 2.75) is 19.6 Å². The quantitative estimate of drug-likeness (QED) is 0.606. The van der Waals surface area contributed by atoms with Crippen molar-refractivity contribution in [2.24, 2.45) is 5.73 Å². The Labute approximate surface area is 64.8 Å². The predicted molar refractivity (Wildman–Crippen MR) is 39.7 cm³/mol. The van der Waals surface area contributed by atoms with Crippen LogP contribution >= 0.6 is 0 Å². The number of hydrogen-bond donors (Lipinski definition) is 2. The fourth-order valence-corrected chi connectivity index (χ4v) is 0.885. The van der Waals surface area contributed by atoms with Gasteiger partial charge in [-0.05, 0) is 6.92 Å². The molecule has 0 fully saturated rings. The molecule has 1 rings (SSSR count). The first-order chi connectivity index (χ1) is 5.25. The molecule has 1 heterocycles. The fraction of sp³-hybridized carbons (Fsp3) is 0.667. The van der Waals surface area contributed by atoms with Crippen LogP contribution in [0.15, 0.2) is 6.20 Å². The summed E-state index contributed by atoms with van der Waals surface area (Å²) in [5.74, 6) is 0. The number of rotatable bonds is 3. The van der Waals surface area contributed by atoms with Gasteiger partial charge in [-0.2, -0.15) is 0 Å². The SMILES string of the molecule is C[C@@H](O)c1cnnn1CCN. The highest BCUT2D eigenvalue weighted by atomic mass is 16.3. The lowest BCUT2D eigenvalue weighted by Crippen LogP contribution is -2.14. The van der Waals surface area contributed by atoms with Crippen molar-refractivity contribution in [1.29, 1.82) is 0 Å². The van der Waals surface area contributed by atoms with Gasteiger partial charge in [-0.3, -0.25) is 0 Å². The Balaban J connectivity index is 2.78. The maximum absolute atomic E-state index is 9.18. The van der Waals surface area contributed by atoms with Crippen molar-refractivity contribution in [3.8, 4) is 0 Å². The lowest BCUT2D eigenvalue weighted by atomic mass is 10.3. The van der Waals surface area contributed by atoms with Crippen LogP contribution in [0, 0.1) is 0 Å². The van der Waals surface area contributed by atoms with E-state index >= 15 is 0 Å². The lowest BCUT2D eigenvalue weighted by molar-refractivity contribution is 0.187. The second-order valence-electron chi connectivity index (χ2n) is 2.35. The highest BCUT2D eigenvalue weighted by Gasteiger charge is 2.07. The minimum absolute atomic E-state index is 0.503. The highest BCUT2D eigenvalue weighted by molar-refractivity contribution is 4.96. The smallest absolute Gasteiger partial charge is 0.0945 e. The zero-order chi connectivity index (χ0) is 8.27. The second kappa shape index (κ2) is 3.45. The minimum atomic E-state index is -0.531. The first-order valence-corrected chi connectivity index (χ1v) is 3.52. The zero-order valence-corrected chi connectivity index (χ0v) is 6.44. The van der Waals surface area contributed by atoms with E-state index in [1.807, 2.05) is 0 Å². The third kappa shape index (κ3) is 1.75. The maximum atomic E-state index is 9.18. The molecule has 11 heavy (non-hydrogen) atoms. The van der Waals surface area contributed by atoms with Gasteiger partial charge < -0.3 is 10.8 Å². The predicted octanol–water partition coefficient (Wildman–Crippen LogP) is -0.710.